The monoisotopic (exact) mass is 743 g/mol. The van der Waals surface area contributed by atoms with Gasteiger partial charge < -0.3 is 31.1 Å². The van der Waals surface area contributed by atoms with Gasteiger partial charge in [-0.3, -0.25) is 24.0 Å². The summed E-state index contributed by atoms with van der Waals surface area (Å²) in [6.07, 6.45) is 6.52. The molecule has 1 saturated carbocycles. The number of sulfone groups is 1. The number of amides is 4. The van der Waals surface area contributed by atoms with Crippen LogP contribution in [-0.2, 0) is 39.4 Å². The summed E-state index contributed by atoms with van der Waals surface area (Å²) >= 11 is 0. The molecule has 1 aliphatic carbocycles. The number of nitrogens with one attached hydrogen (secondary N) is 2. The van der Waals surface area contributed by atoms with Gasteiger partial charge in [0, 0.05) is 44.6 Å². The molecule has 0 bridgehead atoms. The first-order chi connectivity index (χ1) is 24.6. The summed E-state index contributed by atoms with van der Waals surface area (Å²) in [5.41, 5.74) is 2.94. The number of benzene rings is 1. The van der Waals surface area contributed by atoms with E-state index in [4.69, 9.17) is 10.5 Å². The molecule has 3 atom stereocenters. The van der Waals surface area contributed by atoms with Crippen molar-refractivity contribution in [2.75, 3.05) is 25.5 Å². The number of carbonyl (C=O) groups excluding carboxylic acids is 5. The SMILES string of the molecule is CCS(=O)(=O)c1ccc(C(=O)N[C@H](CC2CCCCC2)C(=O)N2C[C@@H](n3nncc3C(C)(C)O)C[C@H]2C(=O)NC2(C(=O)C(N)=O)CCOCC2)cc1. The average Bonchev–Trinajstić information content (AvgIpc) is 3.80. The highest BCUT2D eigenvalue weighted by Crippen LogP contribution is 2.34. The van der Waals surface area contributed by atoms with Crippen LogP contribution in [-0.4, -0.2) is 106 Å². The highest BCUT2D eigenvalue weighted by Gasteiger charge is 2.49. The molecular weight excluding hydrogens is 694 g/mol. The Morgan fingerprint density at radius 1 is 1.08 bits per heavy atom. The fraction of sp³-hybridized carbons (Fsp3) is 0.629. The quantitative estimate of drug-likeness (QED) is 0.211. The summed E-state index contributed by atoms with van der Waals surface area (Å²) < 4.78 is 31.6. The van der Waals surface area contributed by atoms with E-state index in [-0.39, 0.29) is 61.2 Å². The topological polar surface area (TPSA) is 233 Å². The first kappa shape index (κ1) is 39.0. The molecule has 2 aliphatic heterocycles. The Kier molecular flexibility index (Phi) is 11.8. The van der Waals surface area contributed by atoms with Gasteiger partial charge in [0.2, 0.25) is 17.6 Å². The zero-order valence-electron chi connectivity index (χ0n) is 29.9. The van der Waals surface area contributed by atoms with Crippen molar-refractivity contribution in [2.24, 2.45) is 11.7 Å². The molecule has 2 saturated heterocycles. The van der Waals surface area contributed by atoms with Gasteiger partial charge in [0.05, 0.1) is 28.6 Å². The number of primary amides is 1. The lowest BCUT2D eigenvalue weighted by molar-refractivity contribution is -0.147. The number of likely N-dealkylation sites (tertiary alicyclic amines) is 1. The predicted octanol–water partition coefficient (Wildman–Crippen LogP) is 0.930. The number of Topliss-reactive ketones (excluding diaryl/α,β-unsaturated/α-hetero) is 1. The number of nitrogens with two attached hydrogens (primary N) is 1. The van der Waals surface area contributed by atoms with Crippen molar-refractivity contribution in [3.63, 3.8) is 0 Å². The van der Waals surface area contributed by atoms with E-state index in [1.807, 2.05) is 0 Å². The minimum absolute atomic E-state index is 0.00917. The molecular formula is C35H49N7O9S. The summed E-state index contributed by atoms with van der Waals surface area (Å²) in [5.74, 6) is -3.93. The summed E-state index contributed by atoms with van der Waals surface area (Å²) in [4.78, 5) is 69.3. The molecule has 0 spiro atoms. The second kappa shape index (κ2) is 15.8. The number of hydrogen-bond donors (Lipinski definition) is 4. The molecule has 0 unspecified atom stereocenters. The Balaban J connectivity index is 1.48. The van der Waals surface area contributed by atoms with Crippen molar-refractivity contribution in [1.82, 2.24) is 30.5 Å². The van der Waals surface area contributed by atoms with Gasteiger partial charge in [0.25, 0.3) is 11.8 Å². The zero-order valence-corrected chi connectivity index (χ0v) is 30.7. The summed E-state index contributed by atoms with van der Waals surface area (Å²) in [5, 5.41) is 24.7. The number of carbonyl (C=O) groups is 5. The third kappa shape index (κ3) is 8.52. The van der Waals surface area contributed by atoms with Gasteiger partial charge in [-0.15, -0.1) is 5.10 Å². The van der Waals surface area contributed by atoms with Gasteiger partial charge in [-0.25, -0.2) is 13.1 Å². The molecule has 1 aromatic heterocycles. The number of rotatable bonds is 13. The van der Waals surface area contributed by atoms with Gasteiger partial charge in [-0.2, -0.15) is 0 Å². The maximum absolute atomic E-state index is 14.7. The molecule has 284 valence electrons. The number of aliphatic hydroxyl groups is 1. The molecule has 5 N–H and O–H groups in total. The van der Waals surface area contributed by atoms with Crippen LogP contribution in [0.1, 0.15) is 101 Å². The number of aromatic nitrogens is 3. The summed E-state index contributed by atoms with van der Waals surface area (Å²) in [6, 6.07) is 2.66. The normalized spacial score (nSPS) is 21.7. The molecule has 4 amide bonds. The van der Waals surface area contributed by atoms with Gasteiger partial charge in [-0.1, -0.05) is 44.2 Å². The van der Waals surface area contributed by atoms with Crippen LogP contribution in [0.15, 0.2) is 35.4 Å². The van der Waals surface area contributed by atoms with E-state index >= 15 is 0 Å². The number of nitrogens with zero attached hydrogens (tertiary/aromatic N) is 4. The number of hydrogen-bond acceptors (Lipinski definition) is 11. The van der Waals surface area contributed by atoms with Crippen LogP contribution in [0.3, 0.4) is 0 Å². The van der Waals surface area contributed by atoms with E-state index in [9.17, 15) is 37.5 Å². The molecule has 0 radical (unpaired) electrons. The lowest BCUT2D eigenvalue weighted by atomic mass is 9.84. The molecule has 5 rings (SSSR count). The Morgan fingerprint density at radius 3 is 2.33 bits per heavy atom. The van der Waals surface area contributed by atoms with E-state index in [0.717, 1.165) is 32.1 Å². The van der Waals surface area contributed by atoms with Crippen LogP contribution in [0.2, 0.25) is 0 Å². The average molecular weight is 744 g/mol. The Hall–Kier alpha value is -4.22. The van der Waals surface area contributed by atoms with E-state index < -0.39 is 68.5 Å². The van der Waals surface area contributed by atoms with E-state index in [1.165, 1.54) is 47.0 Å². The van der Waals surface area contributed by atoms with Crippen molar-refractivity contribution in [1.29, 1.82) is 0 Å². The largest absolute Gasteiger partial charge is 0.384 e. The van der Waals surface area contributed by atoms with Gasteiger partial charge in [0.1, 0.15) is 23.2 Å². The zero-order chi connectivity index (χ0) is 37.8. The lowest BCUT2D eigenvalue weighted by Gasteiger charge is -2.37. The van der Waals surface area contributed by atoms with Crippen molar-refractivity contribution in [3.8, 4) is 0 Å². The maximum atomic E-state index is 14.7. The fourth-order valence-electron chi connectivity index (χ4n) is 7.52. The molecule has 1 aromatic carbocycles. The van der Waals surface area contributed by atoms with Crippen LogP contribution in [0.5, 0.6) is 0 Å². The molecule has 3 fully saturated rings. The van der Waals surface area contributed by atoms with Crippen LogP contribution in [0.25, 0.3) is 0 Å². The lowest BCUT2D eigenvalue weighted by Crippen LogP contribution is -2.64. The highest BCUT2D eigenvalue weighted by molar-refractivity contribution is 7.91. The van der Waals surface area contributed by atoms with Crippen molar-refractivity contribution in [3.05, 3.63) is 41.7 Å². The number of ether oxygens (including phenoxy) is 1. The van der Waals surface area contributed by atoms with E-state index in [0.29, 0.717) is 12.1 Å². The maximum Gasteiger partial charge on any atom is 0.287 e. The van der Waals surface area contributed by atoms with E-state index in [1.54, 1.807) is 13.8 Å². The Morgan fingerprint density at radius 2 is 1.73 bits per heavy atom. The molecule has 2 aromatic rings. The van der Waals surface area contributed by atoms with Crippen molar-refractivity contribution in [2.45, 2.75) is 113 Å². The molecule has 16 nitrogen and oxygen atoms in total. The molecule has 17 heteroatoms. The summed E-state index contributed by atoms with van der Waals surface area (Å²) in [7, 11) is -3.49. The minimum Gasteiger partial charge on any atom is -0.384 e. The van der Waals surface area contributed by atoms with Gasteiger partial charge in [-0.05, 0) is 50.5 Å². The van der Waals surface area contributed by atoms with Crippen LogP contribution in [0, 0.1) is 5.92 Å². The van der Waals surface area contributed by atoms with Crippen LogP contribution >= 0.6 is 0 Å². The predicted molar refractivity (Wildman–Crippen MR) is 186 cm³/mol. The molecule has 3 aliphatic rings. The Bertz CT molecular complexity index is 1760. The third-order valence-corrected chi connectivity index (χ3v) is 12.3. The first-order valence-corrected chi connectivity index (χ1v) is 19.5. The van der Waals surface area contributed by atoms with E-state index in [2.05, 4.69) is 20.9 Å². The molecule has 52 heavy (non-hydrogen) atoms. The third-order valence-electron chi connectivity index (χ3n) is 10.5. The molecule has 3 heterocycles. The fourth-order valence-corrected chi connectivity index (χ4v) is 8.40. The second-order valence-corrected chi connectivity index (χ2v) is 16.9. The highest BCUT2D eigenvalue weighted by atomic mass is 32.2. The standard InChI is InChI=1S/C35H49N7O9S/c1-4-52(49,50)25-12-10-23(11-13-25)31(45)38-26(18-22-8-6-5-7-9-22)33(47)41-21-24(42-28(20-37-40-42)34(2,3)48)19-27(41)32(46)39-35(29(43)30(36)44)14-16-51-17-15-35/h10-13,20,22,24,26-27,48H,4-9,14-19,21H2,1-3H3,(H2,36,44)(H,38,45)(H,39,46)/t24-,26+,27-/m0/s1. The van der Waals surface area contributed by atoms with Crippen LogP contribution < -0.4 is 16.4 Å². The van der Waals surface area contributed by atoms with Crippen molar-refractivity contribution < 1.29 is 42.2 Å². The summed E-state index contributed by atoms with van der Waals surface area (Å²) in [6.45, 7) is 4.82. The smallest absolute Gasteiger partial charge is 0.287 e. The van der Waals surface area contributed by atoms with Crippen molar-refractivity contribution >= 4 is 39.2 Å². The minimum atomic E-state index is -3.49. The Labute approximate surface area is 303 Å². The van der Waals surface area contributed by atoms with Crippen LogP contribution in [0.4, 0.5) is 0 Å². The number of ketones is 1. The second-order valence-electron chi connectivity index (χ2n) is 14.6. The van der Waals surface area contributed by atoms with Gasteiger partial charge in [0.15, 0.2) is 9.84 Å². The first-order valence-electron chi connectivity index (χ1n) is 17.9. The van der Waals surface area contributed by atoms with Gasteiger partial charge >= 0.3 is 0 Å².